The highest BCUT2D eigenvalue weighted by atomic mass is 16.2. The summed E-state index contributed by atoms with van der Waals surface area (Å²) in [5.41, 5.74) is 2.34. The Labute approximate surface area is 114 Å². The first kappa shape index (κ1) is 13.8. The Morgan fingerprint density at radius 1 is 1.00 bits per heavy atom. The van der Waals surface area contributed by atoms with E-state index in [1.807, 2.05) is 18.2 Å². The predicted molar refractivity (Wildman–Crippen MR) is 76.5 cm³/mol. The van der Waals surface area contributed by atoms with Crippen LogP contribution in [0.1, 0.15) is 61.4 Å². The second-order valence-electron chi connectivity index (χ2n) is 5.18. The molecule has 0 fully saturated rings. The summed E-state index contributed by atoms with van der Waals surface area (Å²) in [7, 11) is 0. The van der Waals surface area contributed by atoms with Gasteiger partial charge < -0.3 is 5.32 Å². The summed E-state index contributed by atoms with van der Waals surface area (Å²) in [6.07, 6.45) is 8.57. The molecule has 1 aromatic carbocycles. The highest BCUT2D eigenvalue weighted by molar-refractivity contribution is 6.51. The summed E-state index contributed by atoms with van der Waals surface area (Å²) >= 11 is 0. The number of carbonyl (C=O) groups is 2. The van der Waals surface area contributed by atoms with Crippen LogP contribution in [0.3, 0.4) is 0 Å². The average molecular weight is 259 g/mol. The topological polar surface area (TPSA) is 46.2 Å². The van der Waals surface area contributed by atoms with Crippen molar-refractivity contribution in [2.45, 2.75) is 51.9 Å². The van der Waals surface area contributed by atoms with Gasteiger partial charge in [-0.25, -0.2) is 0 Å². The van der Waals surface area contributed by atoms with Gasteiger partial charge in [0, 0.05) is 0 Å². The molecule has 102 valence electrons. The van der Waals surface area contributed by atoms with E-state index in [-0.39, 0.29) is 0 Å². The molecule has 1 aromatic rings. The maximum Gasteiger partial charge on any atom is 0.296 e. The second kappa shape index (κ2) is 6.50. The van der Waals surface area contributed by atoms with Crippen molar-refractivity contribution in [2.24, 2.45) is 0 Å². The standard InChI is InChI=1S/C16H21NO2/c1-2-3-4-5-6-7-8-12-9-10-14-13(11-12)15(18)16(19)17-14/h9-11H,2-8H2,1H3,(H,17,18,19). The molecule has 0 saturated heterocycles. The summed E-state index contributed by atoms with van der Waals surface area (Å²) in [6.45, 7) is 2.22. The number of hydrogen-bond acceptors (Lipinski definition) is 2. The van der Waals surface area contributed by atoms with Gasteiger partial charge in [-0.2, -0.15) is 0 Å². The third-order valence-electron chi connectivity index (χ3n) is 3.60. The number of anilines is 1. The molecule has 1 N–H and O–H groups in total. The number of aryl methyl sites for hydroxylation is 1. The van der Waals surface area contributed by atoms with Crippen LogP contribution in [0, 0.1) is 0 Å². The lowest BCUT2D eigenvalue weighted by Gasteiger charge is -2.04. The van der Waals surface area contributed by atoms with Crippen LogP contribution in [-0.2, 0) is 11.2 Å². The molecule has 3 nitrogen and oxygen atoms in total. The molecular weight excluding hydrogens is 238 g/mol. The number of rotatable bonds is 7. The van der Waals surface area contributed by atoms with Crippen molar-refractivity contribution in [2.75, 3.05) is 5.32 Å². The Hall–Kier alpha value is -1.64. The van der Waals surface area contributed by atoms with Crippen LogP contribution in [0.2, 0.25) is 0 Å². The number of carbonyl (C=O) groups excluding carboxylic acids is 2. The normalized spacial score (nSPS) is 13.5. The zero-order chi connectivity index (χ0) is 13.7. The van der Waals surface area contributed by atoms with Crippen LogP contribution >= 0.6 is 0 Å². The van der Waals surface area contributed by atoms with Crippen molar-refractivity contribution in [1.29, 1.82) is 0 Å². The first-order valence-electron chi connectivity index (χ1n) is 7.21. The fourth-order valence-electron chi connectivity index (χ4n) is 2.45. The molecule has 0 spiro atoms. The van der Waals surface area contributed by atoms with Crippen LogP contribution in [0.25, 0.3) is 0 Å². The zero-order valence-electron chi connectivity index (χ0n) is 11.5. The first-order chi connectivity index (χ1) is 9.22. The molecule has 0 atom stereocenters. The van der Waals surface area contributed by atoms with E-state index in [2.05, 4.69) is 12.2 Å². The molecule has 1 amide bonds. The van der Waals surface area contributed by atoms with Crippen LogP contribution in [-0.4, -0.2) is 11.7 Å². The van der Waals surface area contributed by atoms with E-state index in [4.69, 9.17) is 0 Å². The summed E-state index contributed by atoms with van der Waals surface area (Å²) < 4.78 is 0. The van der Waals surface area contributed by atoms with Crippen LogP contribution < -0.4 is 5.32 Å². The average Bonchev–Trinajstić information content (AvgIpc) is 2.70. The molecular formula is C16H21NO2. The van der Waals surface area contributed by atoms with Crippen molar-refractivity contribution < 1.29 is 9.59 Å². The van der Waals surface area contributed by atoms with Gasteiger partial charge >= 0.3 is 0 Å². The SMILES string of the molecule is CCCCCCCCc1ccc2c(c1)C(=O)C(=O)N2. The third kappa shape index (κ3) is 3.43. The highest BCUT2D eigenvalue weighted by Crippen LogP contribution is 2.24. The number of Topliss-reactive ketones (excluding diaryl/α,β-unsaturated/α-hetero) is 1. The molecule has 0 bridgehead atoms. The number of hydrogen-bond donors (Lipinski definition) is 1. The molecule has 1 aliphatic rings. The number of benzene rings is 1. The van der Waals surface area contributed by atoms with E-state index >= 15 is 0 Å². The van der Waals surface area contributed by atoms with Crippen LogP contribution in [0.5, 0.6) is 0 Å². The smallest absolute Gasteiger partial charge is 0.296 e. The van der Waals surface area contributed by atoms with Gasteiger partial charge in [-0.05, 0) is 30.5 Å². The molecule has 1 aliphatic heterocycles. The van der Waals surface area contributed by atoms with Crippen molar-refractivity contribution in [3.63, 3.8) is 0 Å². The van der Waals surface area contributed by atoms with E-state index in [0.717, 1.165) is 18.4 Å². The lowest BCUT2D eigenvalue weighted by Crippen LogP contribution is -2.12. The van der Waals surface area contributed by atoms with Crippen LogP contribution in [0.15, 0.2) is 18.2 Å². The third-order valence-corrected chi connectivity index (χ3v) is 3.60. The minimum Gasteiger partial charge on any atom is -0.318 e. The van der Waals surface area contributed by atoms with Gasteiger partial charge in [0.25, 0.3) is 11.7 Å². The van der Waals surface area contributed by atoms with Gasteiger partial charge in [-0.1, -0.05) is 45.1 Å². The molecule has 0 aliphatic carbocycles. The van der Waals surface area contributed by atoms with Gasteiger partial charge in [0.2, 0.25) is 0 Å². The molecule has 0 aromatic heterocycles. The number of unbranched alkanes of at least 4 members (excludes halogenated alkanes) is 5. The quantitative estimate of drug-likeness (QED) is 0.599. The fraction of sp³-hybridized carbons (Fsp3) is 0.500. The van der Waals surface area contributed by atoms with E-state index in [1.54, 1.807) is 0 Å². The summed E-state index contributed by atoms with van der Waals surface area (Å²) in [6, 6.07) is 5.70. The lowest BCUT2D eigenvalue weighted by molar-refractivity contribution is -0.112. The predicted octanol–water partition coefficient (Wildman–Crippen LogP) is 3.72. The Kier molecular flexibility index (Phi) is 4.72. The molecule has 3 heteroatoms. The molecule has 0 radical (unpaired) electrons. The van der Waals surface area contributed by atoms with Crippen LogP contribution in [0.4, 0.5) is 5.69 Å². The summed E-state index contributed by atoms with van der Waals surface area (Å²) in [5, 5.41) is 2.58. The molecule has 2 rings (SSSR count). The lowest BCUT2D eigenvalue weighted by atomic mass is 10.0. The molecule has 0 saturated carbocycles. The van der Waals surface area contributed by atoms with Crippen molar-refractivity contribution >= 4 is 17.4 Å². The minimum atomic E-state index is -0.508. The Balaban J connectivity index is 1.83. The van der Waals surface area contributed by atoms with Gasteiger partial charge in [0.05, 0.1) is 11.3 Å². The molecule has 0 unspecified atom stereocenters. The van der Waals surface area contributed by atoms with Crippen molar-refractivity contribution in [1.82, 2.24) is 0 Å². The molecule has 19 heavy (non-hydrogen) atoms. The van der Waals surface area contributed by atoms with E-state index in [1.165, 1.54) is 32.1 Å². The minimum absolute atomic E-state index is 0.403. The van der Waals surface area contributed by atoms with E-state index in [0.29, 0.717) is 11.3 Å². The Morgan fingerprint density at radius 3 is 2.53 bits per heavy atom. The largest absolute Gasteiger partial charge is 0.318 e. The molecule has 1 heterocycles. The number of nitrogens with one attached hydrogen (secondary N) is 1. The fourth-order valence-corrected chi connectivity index (χ4v) is 2.45. The number of ketones is 1. The second-order valence-corrected chi connectivity index (χ2v) is 5.18. The van der Waals surface area contributed by atoms with Gasteiger partial charge in [0.15, 0.2) is 0 Å². The van der Waals surface area contributed by atoms with Crippen molar-refractivity contribution in [3.8, 4) is 0 Å². The number of amides is 1. The Morgan fingerprint density at radius 2 is 1.74 bits per heavy atom. The summed E-state index contributed by atoms with van der Waals surface area (Å²) in [5.74, 6) is -0.911. The summed E-state index contributed by atoms with van der Waals surface area (Å²) in [4.78, 5) is 22.8. The van der Waals surface area contributed by atoms with Crippen molar-refractivity contribution in [3.05, 3.63) is 29.3 Å². The van der Waals surface area contributed by atoms with E-state index < -0.39 is 11.7 Å². The Bertz CT molecular complexity index is 480. The maximum atomic E-state index is 11.6. The number of fused-ring (bicyclic) bond motifs is 1. The van der Waals surface area contributed by atoms with Gasteiger partial charge in [0.1, 0.15) is 0 Å². The van der Waals surface area contributed by atoms with E-state index in [9.17, 15) is 9.59 Å². The highest BCUT2D eigenvalue weighted by Gasteiger charge is 2.27. The monoisotopic (exact) mass is 259 g/mol. The van der Waals surface area contributed by atoms with Gasteiger partial charge in [-0.3, -0.25) is 9.59 Å². The first-order valence-corrected chi connectivity index (χ1v) is 7.21. The van der Waals surface area contributed by atoms with Gasteiger partial charge in [-0.15, -0.1) is 0 Å². The maximum absolute atomic E-state index is 11.6. The zero-order valence-corrected chi connectivity index (χ0v) is 11.5.